The minimum atomic E-state index is -3.76. The van der Waals surface area contributed by atoms with E-state index in [0.29, 0.717) is 30.7 Å². The smallest absolute Gasteiger partial charge is 0.264 e. The third-order valence-electron chi connectivity index (χ3n) is 5.93. The fourth-order valence-corrected chi connectivity index (χ4v) is 6.33. The Kier molecular flexibility index (Phi) is 5.56. The number of aliphatic hydroxyl groups excluding tert-OH is 1. The number of rotatable bonds is 5. The highest BCUT2D eigenvalue weighted by molar-refractivity contribution is 9.10. The number of nitriles is 1. The van der Waals surface area contributed by atoms with Crippen molar-refractivity contribution in [3.05, 3.63) is 52.5 Å². The van der Waals surface area contributed by atoms with Crippen LogP contribution in [-0.4, -0.2) is 32.8 Å². The summed E-state index contributed by atoms with van der Waals surface area (Å²) in [7, 11) is -3.76. The van der Waals surface area contributed by atoms with Crippen LogP contribution in [0.1, 0.15) is 24.8 Å². The molecule has 0 aromatic heterocycles. The minimum Gasteiger partial charge on any atom is -0.486 e. The van der Waals surface area contributed by atoms with E-state index in [2.05, 4.69) is 22.0 Å². The fraction of sp³-hybridized carbons (Fsp3) is 0.409. The SMILES string of the molecule is Cc1cccc(S(=O)(=O)N2C[C@H](CC3CC(C#N)(CO)C3)Oc3ccc(Br)cc32)c1. The molecule has 0 unspecified atom stereocenters. The van der Waals surface area contributed by atoms with Gasteiger partial charge in [-0.3, -0.25) is 4.31 Å². The third-order valence-corrected chi connectivity index (χ3v) is 8.19. The molecule has 1 saturated carbocycles. The highest BCUT2D eigenvalue weighted by Crippen LogP contribution is 2.48. The number of benzene rings is 2. The molecular formula is C22H23BrN2O4S. The van der Waals surface area contributed by atoms with Crippen molar-refractivity contribution < 1.29 is 18.3 Å². The first-order valence-corrected chi connectivity index (χ1v) is 12.1. The number of anilines is 1. The summed E-state index contributed by atoms with van der Waals surface area (Å²) >= 11 is 3.43. The number of ether oxygens (including phenoxy) is 1. The summed E-state index contributed by atoms with van der Waals surface area (Å²) in [5.41, 5.74) is 0.731. The molecule has 158 valence electrons. The van der Waals surface area contributed by atoms with Crippen LogP contribution in [0.25, 0.3) is 0 Å². The van der Waals surface area contributed by atoms with Crippen LogP contribution in [0.3, 0.4) is 0 Å². The van der Waals surface area contributed by atoms with Crippen LogP contribution in [0.15, 0.2) is 51.8 Å². The molecule has 2 aliphatic rings. The standard InChI is InChI=1S/C22H23BrN2O4S/c1-15-3-2-4-19(7-15)30(27,28)25-12-18(8-16-10-22(11-16,13-24)14-26)29-21-6-5-17(23)9-20(21)25/h2-7,9,16,18,26H,8,10-12,14H2,1H3/t16?,18-,22?/m0/s1. The van der Waals surface area contributed by atoms with Crippen LogP contribution in [-0.2, 0) is 10.0 Å². The van der Waals surface area contributed by atoms with Gasteiger partial charge in [0.1, 0.15) is 11.9 Å². The molecule has 6 nitrogen and oxygen atoms in total. The van der Waals surface area contributed by atoms with E-state index in [1.807, 2.05) is 19.1 Å². The predicted molar refractivity (Wildman–Crippen MR) is 117 cm³/mol. The van der Waals surface area contributed by atoms with Crippen molar-refractivity contribution in [2.75, 3.05) is 17.5 Å². The van der Waals surface area contributed by atoms with Gasteiger partial charge in [-0.1, -0.05) is 28.1 Å². The third kappa shape index (κ3) is 3.82. The zero-order valence-electron chi connectivity index (χ0n) is 16.6. The molecule has 0 radical (unpaired) electrons. The second kappa shape index (κ2) is 7.88. The molecule has 1 atom stereocenters. The maximum atomic E-state index is 13.5. The Hall–Kier alpha value is -2.08. The van der Waals surface area contributed by atoms with Gasteiger partial charge in [-0.25, -0.2) is 8.42 Å². The lowest BCUT2D eigenvalue weighted by atomic mass is 9.62. The predicted octanol–water partition coefficient (Wildman–Crippen LogP) is 4.02. The Labute approximate surface area is 185 Å². The number of aryl methyl sites for hydroxylation is 1. The lowest BCUT2D eigenvalue weighted by molar-refractivity contribution is 0.0205. The number of hydrogen-bond acceptors (Lipinski definition) is 5. The van der Waals surface area contributed by atoms with Gasteiger partial charge in [-0.2, -0.15) is 5.26 Å². The summed E-state index contributed by atoms with van der Waals surface area (Å²) < 4.78 is 35.3. The van der Waals surface area contributed by atoms with Crippen molar-refractivity contribution >= 4 is 31.6 Å². The van der Waals surface area contributed by atoms with E-state index < -0.39 is 15.4 Å². The van der Waals surface area contributed by atoms with Crippen molar-refractivity contribution in [2.24, 2.45) is 11.3 Å². The first-order valence-electron chi connectivity index (χ1n) is 9.84. The number of fused-ring (bicyclic) bond motifs is 1. The van der Waals surface area contributed by atoms with E-state index in [9.17, 15) is 18.8 Å². The molecule has 0 saturated heterocycles. The highest BCUT2D eigenvalue weighted by Gasteiger charge is 2.46. The van der Waals surface area contributed by atoms with Crippen molar-refractivity contribution in [3.8, 4) is 11.8 Å². The van der Waals surface area contributed by atoms with Crippen LogP contribution in [0.4, 0.5) is 5.69 Å². The number of sulfonamides is 1. The lowest BCUT2D eigenvalue weighted by Crippen LogP contribution is -2.47. The van der Waals surface area contributed by atoms with Crippen molar-refractivity contribution in [1.29, 1.82) is 5.26 Å². The lowest BCUT2D eigenvalue weighted by Gasteiger charge is -2.44. The molecule has 2 aromatic rings. The Morgan fingerprint density at radius 3 is 2.73 bits per heavy atom. The van der Waals surface area contributed by atoms with Crippen molar-refractivity contribution in [1.82, 2.24) is 0 Å². The van der Waals surface area contributed by atoms with E-state index >= 15 is 0 Å². The Morgan fingerprint density at radius 1 is 1.30 bits per heavy atom. The fourth-order valence-electron chi connectivity index (χ4n) is 4.38. The average Bonchev–Trinajstić information content (AvgIpc) is 2.70. The number of aliphatic hydroxyl groups is 1. The van der Waals surface area contributed by atoms with Gasteiger partial charge in [0.05, 0.1) is 35.2 Å². The summed E-state index contributed by atoms with van der Waals surface area (Å²) in [5.74, 6) is 0.751. The molecule has 1 aliphatic carbocycles. The van der Waals surface area contributed by atoms with Crippen LogP contribution in [0, 0.1) is 29.6 Å². The topological polar surface area (TPSA) is 90.6 Å². The quantitative estimate of drug-likeness (QED) is 0.683. The second-order valence-corrected chi connectivity index (χ2v) is 11.0. The van der Waals surface area contributed by atoms with Crippen LogP contribution < -0.4 is 9.04 Å². The van der Waals surface area contributed by atoms with Crippen LogP contribution in [0.5, 0.6) is 5.75 Å². The largest absolute Gasteiger partial charge is 0.486 e. The van der Waals surface area contributed by atoms with Gasteiger partial charge in [0.15, 0.2) is 0 Å². The molecule has 0 amide bonds. The molecular weight excluding hydrogens is 468 g/mol. The second-order valence-electron chi connectivity index (χ2n) is 8.26. The molecule has 1 N–H and O–H groups in total. The summed E-state index contributed by atoms with van der Waals surface area (Å²) in [4.78, 5) is 0.251. The van der Waals surface area contributed by atoms with Gasteiger partial charge in [0, 0.05) is 4.47 Å². The number of nitrogens with zero attached hydrogens (tertiary/aromatic N) is 2. The molecule has 1 fully saturated rings. The first kappa shape index (κ1) is 21.2. The van der Waals surface area contributed by atoms with E-state index in [1.165, 1.54) is 4.31 Å². The Balaban J connectivity index is 1.63. The van der Waals surface area contributed by atoms with Gasteiger partial charge in [-0.05, 0) is 68.0 Å². The van der Waals surface area contributed by atoms with Crippen LogP contribution in [0.2, 0.25) is 0 Å². The average molecular weight is 491 g/mol. The summed E-state index contributed by atoms with van der Waals surface area (Å²) in [5, 5.41) is 18.7. The van der Waals surface area contributed by atoms with E-state index in [4.69, 9.17) is 4.74 Å². The normalized spacial score (nSPS) is 25.6. The number of hydrogen-bond donors (Lipinski definition) is 1. The molecule has 1 aliphatic heterocycles. The van der Waals surface area contributed by atoms with Crippen LogP contribution >= 0.6 is 15.9 Å². The van der Waals surface area contributed by atoms with Crippen molar-refractivity contribution in [3.63, 3.8) is 0 Å². The maximum absolute atomic E-state index is 13.5. The Bertz CT molecular complexity index is 1110. The molecule has 1 heterocycles. The van der Waals surface area contributed by atoms with Gasteiger partial charge in [-0.15, -0.1) is 0 Å². The minimum absolute atomic E-state index is 0.143. The summed E-state index contributed by atoms with van der Waals surface area (Å²) in [6.07, 6.45) is 1.53. The molecule has 30 heavy (non-hydrogen) atoms. The maximum Gasteiger partial charge on any atom is 0.264 e. The van der Waals surface area contributed by atoms with Gasteiger partial charge in [0.2, 0.25) is 0 Å². The molecule has 2 aromatic carbocycles. The van der Waals surface area contributed by atoms with Gasteiger partial charge >= 0.3 is 0 Å². The molecule has 0 spiro atoms. The van der Waals surface area contributed by atoms with Gasteiger partial charge in [0.25, 0.3) is 10.0 Å². The highest BCUT2D eigenvalue weighted by atomic mass is 79.9. The van der Waals surface area contributed by atoms with E-state index in [-0.39, 0.29) is 30.1 Å². The zero-order valence-corrected chi connectivity index (χ0v) is 19.0. The number of halogens is 1. The van der Waals surface area contributed by atoms with E-state index in [0.717, 1.165) is 10.0 Å². The molecule has 8 heteroatoms. The Morgan fingerprint density at radius 2 is 2.07 bits per heavy atom. The van der Waals surface area contributed by atoms with E-state index in [1.54, 1.807) is 30.3 Å². The summed E-state index contributed by atoms with van der Waals surface area (Å²) in [6.45, 7) is 1.93. The van der Waals surface area contributed by atoms with Gasteiger partial charge < -0.3 is 9.84 Å². The van der Waals surface area contributed by atoms with Crippen molar-refractivity contribution in [2.45, 2.75) is 37.2 Å². The monoisotopic (exact) mass is 490 g/mol. The zero-order chi connectivity index (χ0) is 21.5. The first-order chi connectivity index (χ1) is 14.3. The summed E-state index contributed by atoms with van der Waals surface area (Å²) in [6, 6.07) is 14.5. The molecule has 4 rings (SSSR count). The molecule has 0 bridgehead atoms.